The van der Waals surface area contributed by atoms with Gasteiger partial charge in [-0.3, -0.25) is 4.98 Å². The summed E-state index contributed by atoms with van der Waals surface area (Å²) in [5, 5.41) is 4.72. The van der Waals surface area contributed by atoms with Gasteiger partial charge < -0.3 is 5.32 Å². The van der Waals surface area contributed by atoms with Gasteiger partial charge in [0.2, 0.25) is 0 Å². The van der Waals surface area contributed by atoms with Crippen LogP contribution in [0.4, 0.5) is 5.82 Å². The SMILES string of the molecule is Cc1nc(-c2cccnc2)nc(NCCc2nc3c(s2)CCCC3)c1C. The van der Waals surface area contributed by atoms with E-state index in [9.17, 15) is 0 Å². The molecule has 3 aromatic rings. The van der Waals surface area contributed by atoms with Gasteiger partial charge in [0.05, 0.1) is 10.7 Å². The third-order valence-electron chi connectivity index (χ3n) is 4.83. The fraction of sp³-hybridized carbons (Fsp3) is 0.400. The fourth-order valence-electron chi connectivity index (χ4n) is 3.23. The van der Waals surface area contributed by atoms with E-state index in [0.29, 0.717) is 5.82 Å². The summed E-state index contributed by atoms with van der Waals surface area (Å²) in [4.78, 5) is 19.8. The van der Waals surface area contributed by atoms with Crippen molar-refractivity contribution in [1.29, 1.82) is 0 Å². The number of thiazole rings is 1. The van der Waals surface area contributed by atoms with E-state index >= 15 is 0 Å². The summed E-state index contributed by atoms with van der Waals surface area (Å²) < 4.78 is 0. The predicted molar refractivity (Wildman–Crippen MR) is 106 cm³/mol. The molecule has 3 heterocycles. The predicted octanol–water partition coefficient (Wildman–Crippen LogP) is 4.15. The van der Waals surface area contributed by atoms with E-state index in [1.165, 1.54) is 34.8 Å². The lowest BCUT2D eigenvalue weighted by Gasteiger charge is -2.12. The van der Waals surface area contributed by atoms with Gasteiger partial charge in [-0.05, 0) is 51.7 Å². The van der Waals surface area contributed by atoms with Crippen molar-refractivity contribution in [2.24, 2.45) is 0 Å². The molecule has 134 valence electrons. The van der Waals surface area contributed by atoms with Gasteiger partial charge in [0.25, 0.3) is 0 Å². The largest absolute Gasteiger partial charge is 0.369 e. The van der Waals surface area contributed by atoms with E-state index in [-0.39, 0.29) is 0 Å². The van der Waals surface area contributed by atoms with Crippen molar-refractivity contribution in [3.8, 4) is 11.4 Å². The zero-order valence-electron chi connectivity index (χ0n) is 15.2. The Morgan fingerprint density at radius 2 is 2.00 bits per heavy atom. The van der Waals surface area contributed by atoms with E-state index in [0.717, 1.165) is 42.0 Å². The molecule has 0 aromatic carbocycles. The molecule has 5 nitrogen and oxygen atoms in total. The first-order valence-electron chi connectivity index (χ1n) is 9.17. The first kappa shape index (κ1) is 17.1. The van der Waals surface area contributed by atoms with Crippen LogP contribution in [0, 0.1) is 13.8 Å². The molecule has 0 saturated carbocycles. The summed E-state index contributed by atoms with van der Waals surface area (Å²) in [6, 6.07) is 3.90. The van der Waals surface area contributed by atoms with E-state index in [1.807, 2.05) is 30.4 Å². The van der Waals surface area contributed by atoms with Crippen molar-refractivity contribution in [3.63, 3.8) is 0 Å². The van der Waals surface area contributed by atoms with Crippen LogP contribution in [0.1, 0.15) is 39.7 Å². The molecule has 4 rings (SSSR count). The highest BCUT2D eigenvalue weighted by atomic mass is 32.1. The molecule has 26 heavy (non-hydrogen) atoms. The maximum atomic E-state index is 4.82. The number of nitrogens with one attached hydrogen (secondary N) is 1. The van der Waals surface area contributed by atoms with Crippen molar-refractivity contribution in [1.82, 2.24) is 19.9 Å². The Hall–Kier alpha value is -2.34. The molecular weight excluding hydrogens is 342 g/mol. The Bertz CT molecular complexity index is 881. The molecule has 1 aliphatic carbocycles. The first-order chi connectivity index (χ1) is 12.7. The summed E-state index contributed by atoms with van der Waals surface area (Å²) >= 11 is 1.89. The van der Waals surface area contributed by atoms with Crippen LogP contribution in [0.2, 0.25) is 0 Å². The minimum atomic E-state index is 0.716. The zero-order valence-corrected chi connectivity index (χ0v) is 16.1. The second kappa shape index (κ2) is 7.50. The second-order valence-electron chi connectivity index (χ2n) is 6.71. The van der Waals surface area contributed by atoms with Crippen LogP contribution < -0.4 is 5.32 Å². The number of aryl methyl sites for hydroxylation is 3. The Morgan fingerprint density at radius 3 is 2.81 bits per heavy atom. The second-order valence-corrected chi connectivity index (χ2v) is 7.88. The third-order valence-corrected chi connectivity index (χ3v) is 6.05. The molecule has 0 aliphatic heterocycles. The summed E-state index contributed by atoms with van der Waals surface area (Å²) in [6.07, 6.45) is 9.44. The Morgan fingerprint density at radius 1 is 1.12 bits per heavy atom. The third kappa shape index (κ3) is 3.60. The highest BCUT2D eigenvalue weighted by molar-refractivity contribution is 7.11. The quantitative estimate of drug-likeness (QED) is 0.736. The average molecular weight is 366 g/mol. The minimum Gasteiger partial charge on any atom is -0.369 e. The first-order valence-corrected chi connectivity index (χ1v) is 9.99. The number of nitrogens with zero attached hydrogens (tertiary/aromatic N) is 4. The van der Waals surface area contributed by atoms with Crippen LogP contribution >= 0.6 is 11.3 Å². The molecule has 1 aliphatic rings. The van der Waals surface area contributed by atoms with Crippen molar-refractivity contribution in [2.45, 2.75) is 46.0 Å². The lowest BCUT2D eigenvalue weighted by molar-refractivity contribution is 0.680. The fourth-order valence-corrected chi connectivity index (χ4v) is 4.38. The van der Waals surface area contributed by atoms with Crippen molar-refractivity contribution in [3.05, 3.63) is 51.4 Å². The van der Waals surface area contributed by atoms with Crippen LogP contribution in [0.25, 0.3) is 11.4 Å². The van der Waals surface area contributed by atoms with Crippen LogP contribution in [-0.4, -0.2) is 26.5 Å². The highest BCUT2D eigenvalue weighted by Crippen LogP contribution is 2.27. The lowest BCUT2D eigenvalue weighted by Crippen LogP contribution is -2.10. The van der Waals surface area contributed by atoms with Gasteiger partial charge in [-0.2, -0.15) is 0 Å². The number of anilines is 1. The monoisotopic (exact) mass is 365 g/mol. The van der Waals surface area contributed by atoms with Gasteiger partial charge in [-0.15, -0.1) is 11.3 Å². The van der Waals surface area contributed by atoms with Crippen molar-refractivity contribution in [2.75, 3.05) is 11.9 Å². The molecule has 0 radical (unpaired) electrons. The maximum Gasteiger partial charge on any atom is 0.163 e. The van der Waals surface area contributed by atoms with Crippen LogP contribution in [0.3, 0.4) is 0 Å². The molecule has 0 unspecified atom stereocenters. The van der Waals surface area contributed by atoms with E-state index in [1.54, 1.807) is 12.4 Å². The standard InChI is InChI=1S/C20H23N5S/c1-13-14(2)23-20(15-6-5-10-21-12-15)25-19(13)22-11-9-18-24-16-7-3-4-8-17(16)26-18/h5-6,10,12H,3-4,7-9,11H2,1-2H3,(H,22,23,25). The van der Waals surface area contributed by atoms with Gasteiger partial charge in [-0.25, -0.2) is 15.0 Å². The lowest BCUT2D eigenvalue weighted by atomic mass is 10.0. The molecule has 0 bridgehead atoms. The van der Waals surface area contributed by atoms with Gasteiger partial charge in [-0.1, -0.05) is 0 Å². The minimum absolute atomic E-state index is 0.716. The molecular formula is C20H23N5S. The number of aromatic nitrogens is 4. The number of fused-ring (bicyclic) bond motifs is 1. The Kier molecular flexibility index (Phi) is 4.93. The van der Waals surface area contributed by atoms with Gasteiger partial charge in [0.15, 0.2) is 5.82 Å². The smallest absolute Gasteiger partial charge is 0.163 e. The molecule has 0 atom stereocenters. The number of rotatable bonds is 5. The number of hydrogen-bond donors (Lipinski definition) is 1. The van der Waals surface area contributed by atoms with Crippen molar-refractivity contribution < 1.29 is 0 Å². The molecule has 6 heteroatoms. The van der Waals surface area contributed by atoms with Crippen LogP contribution in [-0.2, 0) is 19.3 Å². The molecule has 0 saturated heterocycles. The molecule has 1 N–H and O–H groups in total. The molecule has 0 fully saturated rings. The van der Waals surface area contributed by atoms with Crippen LogP contribution in [0.5, 0.6) is 0 Å². The Balaban J connectivity index is 1.47. The van der Waals surface area contributed by atoms with E-state index in [2.05, 4.69) is 22.2 Å². The normalized spacial score (nSPS) is 13.5. The molecule has 0 amide bonds. The van der Waals surface area contributed by atoms with Crippen LogP contribution in [0.15, 0.2) is 24.5 Å². The highest BCUT2D eigenvalue weighted by Gasteiger charge is 2.15. The maximum absolute atomic E-state index is 4.82. The summed E-state index contributed by atoms with van der Waals surface area (Å²) in [7, 11) is 0. The average Bonchev–Trinajstić information content (AvgIpc) is 3.08. The zero-order chi connectivity index (χ0) is 17.9. The van der Waals surface area contributed by atoms with Gasteiger partial charge >= 0.3 is 0 Å². The van der Waals surface area contributed by atoms with E-state index < -0.39 is 0 Å². The molecule has 3 aromatic heterocycles. The van der Waals surface area contributed by atoms with Gasteiger partial charge in [0, 0.05) is 47.1 Å². The number of pyridine rings is 1. The Labute approximate surface area is 158 Å². The van der Waals surface area contributed by atoms with E-state index in [4.69, 9.17) is 9.97 Å². The summed E-state index contributed by atoms with van der Waals surface area (Å²) in [5.41, 5.74) is 4.36. The molecule has 0 spiro atoms. The number of hydrogen-bond acceptors (Lipinski definition) is 6. The summed E-state index contributed by atoms with van der Waals surface area (Å²) in [5.74, 6) is 1.62. The topological polar surface area (TPSA) is 63.6 Å². The summed E-state index contributed by atoms with van der Waals surface area (Å²) in [6.45, 7) is 4.92. The van der Waals surface area contributed by atoms with Gasteiger partial charge in [0.1, 0.15) is 5.82 Å². The van der Waals surface area contributed by atoms with Crippen molar-refractivity contribution >= 4 is 17.2 Å².